The number of halogens is 2. The van der Waals surface area contributed by atoms with E-state index in [0.29, 0.717) is 6.07 Å². The lowest BCUT2D eigenvalue weighted by molar-refractivity contribution is -0.119. The second kappa shape index (κ2) is 4.73. The molecule has 0 atom stereocenters. The molecule has 0 aliphatic rings. The molecule has 5 nitrogen and oxygen atoms in total. The first-order valence-corrected chi connectivity index (χ1v) is 4.49. The molecule has 0 saturated heterocycles. The van der Waals surface area contributed by atoms with Crippen LogP contribution in [0.4, 0.5) is 20.4 Å². The van der Waals surface area contributed by atoms with Crippen LogP contribution < -0.4 is 16.0 Å². The first-order valence-electron chi connectivity index (χ1n) is 4.49. The highest BCUT2D eigenvalue weighted by Crippen LogP contribution is 2.19. The van der Waals surface area contributed by atoms with E-state index in [4.69, 9.17) is 5.73 Å². The van der Waals surface area contributed by atoms with Crippen LogP contribution in [0.1, 0.15) is 0 Å². The van der Waals surface area contributed by atoms with Crippen molar-refractivity contribution in [3.05, 3.63) is 17.7 Å². The number of nitrogens with one attached hydrogen (secondary N) is 1. The van der Waals surface area contributed by atoms with Crippen molar-refractivity contribution < 1.29 is 13.6 Å². The molecule has 3 N–H and O–H groups in total. The minimum Gasteiger partial charge on any atom is -0.381 e. The summed E-state index contributed by atoms with van der Waals surface area (Å²) in [5.74, 6) is -2.66. The molecule has 0 bridgehead atoms. The molecule has 88 valence electrons. The fraction of sp³-hybridized carbons (Fsp3) is 0.333. The van der Waals surface area contributed by atoms with Gasteiger partial charge in [-0.1, -0.05) is 0 Å². The zero-order valence-corrected chi connectivity index (χ0v) is 8.92. The molecule has 0 aromatic carbocycles. The average molecular weight is 230 g/mol. The third kappa shape index (κ3) is 2.56. The molecule has 0 unspecified atom stereocenters. The molecule has 1 heterocycles. The molecule has 0 aliphatic heterocycles. The Morgan fingerprint density at radius 3 is 2.75 bits per heavy atom. The van der Waals surface area contributed by atoms with E-state index >= 15 is 0 Å². The first-order chi connectivity index (χ1) is 7.45. The van der Waals surface area contributed by atoms with Gasteiger partial charge in [-0.25, -0.2) is 13.8 Å². The van der Waals surface area contributed by atoms with Gasteiger partial charge in [-0.2, -0.15) is 0 Å². The molecule has 0 fully saturated rings. The molecule has 1 amide bonds. The van der Waals surface area contributed by atoms with Gasteiger partial charge in [0, 0.05) is 20.2 Å². The van der Waals surface area contributed by atoms with Gasteiger partial charge in [0.25, 0.3) is 0 Å². The van der Waals surface area contributed by atoms with Crippen molar-refractivity contribution in [2.24, 2.45) is 0 Å². The highest BCUT2D eigenvalue weighted by atomic mass is 19.1. The number of hydrogen-bond acceptors (Lipinski definition) is 4. The number of hydrogen-bond donors (Lipinski definition) is 2. The number of carbonyl (C=O) groups excluding carboxylic acids is 1. The van der Waals surface area contributed by atoms with E-state index in [1.807, 2.05) is 0 Å². The lowest BCUT2D eigenvalue weighted by Gasteiger charge is -2.17. The number of pyridine rings is 1. The molecular formula is C9H12F2N4O. The largest absolute Gasteiger partial charge is 0.381 e. The minimum atomic E-state index is -0.922. The zero-order chi connectivity index (χ0) is 12.3. The van der Waals surface area contributed by atoms with Gasteiger partial charge in [-0.3, -0.25) is 4.79 Å². The number of rotatable bonds is 3. The van der Waals surface area contributed by atoms with E-state index in [-0.39, 0.29) is 18.3 Å². The summed E-state index contributed by atoms with van der Waals surface area (Å²) < 4.78 is 26.1. The van der Waals surface area contributed by atoms with Crippen LogP contribution in [0.25, 0.3) is 0 Å². The maximum Gasteiger partial charge on any atom is 0.239 e. The van der Waals surface area contributed by atoms with Crippen LogP contribution in [0.2, 0.25) is 0 Å². The van der Waals surface area contributed by atoms with Crippen molar-refractivity contribution in [2.75, 3.05) is 31.3 Å². The summed E-state index contributed by atoms with van der Waals surface area (Å²) in [7, 11) is 2.91. The third-order valence-corrected chi connectivity index (χ3v) is 1.96. The van der Waals surface area contributed by atoms with E-state index in [0.717, 1.165) is 0 Å². The van der Waals surface area contributed by atoms with Crippen molar-refractivity contribution >= 4 is 17.5 Å². The predicted octanol–water partition coefficient (Wildman–Crippen LogP) is 0.124. The fourth-order valence-electron chi connectivity index (χ4n) is 1.11. The molecule has 1 aromatic rings. The maximum atomic E-state index is 13.3. The number of nitrogens with zero attached hydrogens (tertiary/aromatic N) is 2. The van der Waals surface area contributed by atoms with E-state index in [2.05, 4.69) is 10.3 Å². The molecule has 0 saturated carbocycles. The Morgan fingerprint density at radius 1 is 1.56 bits per heavy atom. The van der Waals surface area contributed by atoms with Gasteiger partial charge >= 0.3 is 0 Å². The summed E-state index contributed by atoms with van der Waals surface area (Å²) in [4.78, 5) is 15.8. The lowest BCUT2D eigenvalue weighted by Crippen LogP contribution is -2.34. The number of likely N-dealkylation sites (N-methyl/N-ethyl adjacent to an activating group) is 2. The Morgan fingerprint density at radius 2 is 2.19 bits per heavy atom. The molecule has 7 heteroatoms. The van der Waals surface area contributed by atoms with Crippen molar-refractivity contribution in [3.63, 3.8) is 0 Å². The Bertz CT molecular complexity index is 411. The molecule has 0 aliphatic carbocycles. The summed E-state index contributed by atoms with van der Waals surface area (Å²) >= 11 is 0. The average Bonchev–Trinajstić information content (AvgIpc) is 2.23. The Kier molecular flexibility index (Phi) is 3.60. The number of aromatic nitrogens is 1. The molecule has 0 radical (unpaired) electrons. The van der Waals surface area contributed by atoms with Crippen LogP contribution in [0.3, 0.4) is 0 Å². The Labute approximate surface area is 91.3 Å². The number of anilines is 2. The molecule has 0 spiro atoms. The normalized spacial score (nSPS) is 10.0. The van der Waals surface area contributed by atoms with Crippen LogP contribution in [-0.4, -0.2) is 31.5 Å². The summed E-state index contributed by atoms with van der Waals surface area (Å²) in [6.07, 6.45) is 0. The van der Waals surface area contributed by atoms with Crippen LogP contribution in [0.15, 0.2) is 6.07 Å². The van der Waals surface area contributed by atoms with Gasteiger partial charge in [-0.15, -0.1) is 0 Å². The summed E-state index contributed by atoms with van der Waals surface area (Å²) in [5, 5.41) is 2.37. The number of nitrogens with two attached hydrogens (primary N) is 1. The molecular weight excluding hydrogens is 218 g/mol. The van der Waals surface area contributed by atoms with E-state index < -0.39 is 17.5 Å². The van der Waals surface area contributed by atoms with Crippen molar-refractivity contribution in [3.8, 4) is 0 Å². The first kappa shape index (κ1) is 12.2. The number of amides is 1. The van der Waals surface area contributed by atoms with Gasteiger partial charge in [0.05, 0.1) is 6.54 Å². The van der Waals surface area contributed by atoms with Crippen molar-refractivity contribution in [1.82, 2.24) is 10.3 Å². The summed E-state index contributed by atoms with van der Waals surface area (Å²) in [5.41, 5.74) is 5.21. The van der Waals surface area contributed by atoms with E-state index in [1.54, 1.807) is 0 Å². The van der Waals surface area contributed by atoms with Gasteiger partial charge in [-0.05, 0) is 0 Å². The number of nitrogen functional groups attached to an aromatic ring is 1. The quantitative estimate of drug-likeness (QED) is 0.774. The molecule has 1 aromatic heterocycles. The topological polar surface area (TPSA) is 71.2 Å². The zero-order valence-electron chi connectivity index (χ0n) is 8.92. The van der Waals surface area contributed by atoms with Crippen LogP contribution in [-0.2, 0) is 4.79 Å². The monoisotopic (exact) mass is 230 g/mol. The third-order valence-electron chi connectivity index (χ3n) is 1.96. The predicted molar refractivity (Wildman–Crippen MR) is 55.9 cm³/mol. The highest BCUT2D eigenvalue weighted by Gasteiger charge is 2.15. The van der Waals surface area contributed by atoms with Crippen LogP contribution in [0.5, 0.6) is 0 Å². The highest BCUT2D eigenvalue weighted by molar-refractivity contribution is 5.80. The lowest BCUT2D eigenvalue weighted by atomic mass is 10.3. The van der Waals surface area contributed by atoms with Gasteiger partial charge in [0.15, 0.2) is 23.3 Å². The molecule has 1 rings (SSSR count). The minimum absolute atomic E-state index is 0.0918. The van der Waals surface area contributed by atoms with Crippen LogP contribution in [0, 0.1) is 11.6 Å². The van der Waals surface area contributed by atoms with Crippen molar-refractivity contribution in [1.29, 1.82) is 0 Å². The van der Waals surface area contributed by atoms with Gasteiger partial charge in [0.2, 0.25) is 5.91 Å². The summed E-state index contributed by atoms with van der Waals surface area (Å²) in [6.45, 7) is -0.0918. The van der Waals surface area contributed by atoms with Crippen LogP contribution >= 0.6 is 0 Å². The Hall–Kier alpha value is -1.92. The second-order valence-corrected chi connectivity index (χ2v) is 3.19. The number of carbonyl (C=O) groups is 1. The summed E-state index contributed by atoms with van der Waals surface area (Å²) in [6, 6.07) is 0.637. The van der Waals surface area contributed by atoms with E-state index in [9.17, 15) is 13.6 Å². The Balaban J connectivity index is 2.95. The van der Waals surface area contributed by atoms with E-state index in [1.165, 1.54) is 19.0 Å². The van der Waals surface area contributed by atoms with Gasteiger partial charge in [0.1, 0.15) is 0 Å². The smallest absolute Gasteiger partial charge is 0.239 e. The van der Waals surface area contributed by atoms with Gasteiger partial charge < -0.3 is 16.0 Å². The fourth-order valence-corrected chi connectivity index (χ4v) is 1.11. The maximum absolute atomic E-state index is 13.3. The molecule has 16 heavy (non-hydrogen) atoms. The standard InChI is InChI=1S/C9H12F2N4O/c1-13-7(16)4-15(2)9-6(11)3-5(10)8(12)14-9/h3H,4H2,1-2H3,(H2,12,14)(H,13,16). The SMILES string of the molecule is CNC(=O)CN(C)c1nc(N)c(F)cc1F. The van der Waals surface area contributed by atoms with Crippen molar-refractivity contribution in [2.45, 2.75) is 0 Å². The second-order valence-electron chi connectivity index (χ2n) is 3.19.